The summed E-state index contributed by atoms with van der Waals surface area (Å²) in [5, 5.41) is 0. The van der Waals surface area contributed by atoms with Gasteiger partial charge >= 0.3 is 0 Å². The smallest absolute Gasteiger partial charge is 0.223 e. The van der Waals surface area contributed by atoms with Gasteiger partial charge in [0.2, 0.25) is 5.91 Å². The molecule has 4 nitrogen and oxygen atoms in total. The highest BCUT2D eigenvalue weighted by Crippen LogP contribution is 2.20. The van der Waals surface area contributed by atoms with E-state index in [0.29, 0.717) is 11.3 Å². The minimum absolute atomic E-state index is 0.0370. The fourth-order valence-electron chi connectivity index (χ4n) is 2.35. The van der Waals surface area contributed by atoms with Gasteiger partial charge in [0.15, 0.2) is 5.78 Å². The minimum Gasteiger partial charge on any atom is -0.496 e. The number of carbonyl (C=O) groups is 2. The molecular formula is C15H19NO3. The van der Waals surface area contributed by atoms with Crippen LogP contribution in [-0.4, -0.2) is 36.8 Å². The van der Waals surface area contributed by atoms with Gasteiger partial charge in [0.25, 0.3) is 0 Å². The summed E-state index contributed by atoms with van der Waals surface area (Å²) in [4.78, 5) is 25.8. The summed E-state index contributed by atoms with van der Waals surface area (Å²) in [6, 6.07) is 7.13. The van der Waals surface area contributed by atoms with Gasteiger partial charge in [-0.25, -0.2) is 0 Å². The molecule has 0 spiro atoms. The Kier molecular flexibility index (Phi) is 4.55. The van der Waals surface area contributed by atoms with Gasteiger partial charge in [-0.15, -0.1) is 0 Å². The Hall–Kier alpha value is -1.84. The summed E-state index contributed by atoms with van der Waals surface area (Å²) in [7, 11) is 1.54. The maximum absolute atomic E-state index is 12.1. The van der Waals surface area contributed by atoms with E-state index in [1.54, 1.807) is 25.3 Å². The lowest BCUT2D eigenvalue weighted by Crippen LogP contribution is -2.27. The second-order valence-corrected chi connectivity index (χ2v) is 4.71. The fourth-order valence-corrected chi connectivity index (χ4v) is 2.35. The fraction of sp³-hybridized carbons (Fsp3) is 0.467. The molecule has 2 rings (SSSR count). The summed E-state index contributed by atoms with van der Waals surface area (Å²) in [6.45, 7) is 1.67. The molecule has 0 N–H and O–H groups in total. The summed E-state index contributed by atoms with van der Waals surface area (Å²) in [6.07, 6.45) is 2.69. The van der Waals surface area contributed by atoms with E-state index in [9.17, 15) is 9.59 Å². The van der Waals surface area contributed by atoms with E-state index < -0.39 is 0 Å². The topological polar surface area (TPSA) is 46.6 Å². The Bertz CT molecular complexity index is 464. The van der Waals surface area contributed by atoms with E-state index in [-0.39, 0.29) is 24.5 Å². The maximum Gasteiger partial charge on any atom is 0.223 e. The Morgan fingerprint density at radius 3 is 2.53 bits per heavy atom. The predicted octanol–water partition coefficient (Wildman–Crippen LogP) is 2.28. The summed E-state index contributed by atoms with van der Waals surface area (Å²) >= 11 is 0. The average Bonchev–Trinajstić information content (AvgIpc) is 2.98. The molecule has 1 fully saturated rings. The van der Waals surface area contributed by atoms with Crippen LogP contribution in [-0.2, 0) is 4.79 Å². The number of para-hydroxylation sites is 1. The number of hydrogen-bond acceptors (Lipinski definition) is 3. The zero-order chi connectivity index (χ0) is 13.7. The Labute approximate surface area is 113 Å². The van der Waals surface area contributed by atoms with Crippen molar-refractivity contribution in [2.45, 2.75) is 25.7 Å². The van der Waals surface area contributed by atoms with E-state index in [2.05, 4.69) is 0 Å². The first-order valence-corrected chi connectivity index (χ1v) is 6.66. The molecule has 19 heavy (non-hydrogen) atoms. The number of benzene rings is 1. The highest BCUT2D eigenvalue weighted by atomic mass is 16.5. The third-order valence-corrected chi connectivity index (χ3v) is 3.43. The second kappa shape index (κ2) is 6.36. The third-order valence-electron chi connectivity index (χ3n) is 3.43. The van der Waals surface area contributed by atoms with Crippen molar-refractivity contribution in [3.05, 3.63) is 29.8 Å². The molecule has 0 atom stereocenters. The van der Waals surface area contributed by atoms with Crippen LogP contribution >= 0.6 is 0 Å². The second-order valence-electron chi connectivity index (χ2n) is 4.71. The van der Waals surface area contributed by atoms with E-state index in [1.807, 2.05) is 11.0 Å². The van der Waals surface area contributed by atoms with Crippen molar-refractivity contribution in [1.29, 1.82) is 0 Å². The van der Waals surface area contributed by atoms with E-state index >= 15 is 0 Å². The number of ether oxygens (including phenoxy) is 1. The van der Waals surface area contributed by atoms with Crippen molar-refractivity contribution in [3.8, 4) is 5.75 Å². The van der Waals surface area contributed by atoms with Crippen molar-refractivity contribution >= 4 is 11.7 Å². The van der Waals surface area contributed by atoms with Crippen LogP contribution in [0.15, 0.2) is 24.3 Å². The van der Waals surface area contributed by atoms with Crippen LogP contribution in [0, 0.1) is 0 Å². The molecule has 1 aliphatic heterocycles. The van der Waals surface area contributed by atoms with Gasteiger partial charge in [0.1, 0.15) is 5.75 Å². The molecule has 0 unspecified atom stereocenters. The molecule has 1 saturated heterocycles. The molecule has 1 aliphatic rings. The van der Waals surface area contributed by atoms with Crippen LogP contribution in [0.2, 0.25) is 0 Å². The third kappa shape index (κ3) is 3.34. The molecule has 102 valence electrons. The Morgan fingerprint density at radius 1 is 1.16 bits per heavy atom. The summed E-state index contributed by atoms with van der Waals surface area (Å²) in [5.41, 5.74) is 0.555. The number of methoxy groups -OCH3 is 1. The quantitative estimate of drug-likeness (QED) is 0.764. The molecule has 4 heteroatoms. The molecule has 1 aromatic carbocycles. The Morgan fingerprint density at radius 2 is 1.84 bits per heavy atom. The molecule has 0 aliphatic carbocycles. The normalized spacial score (nSPS) is 14.5. The lowest BCUT2D eigenvalue weighted by molar-refractivity contribution is -0.130. The standard InChI is InChI=1S/C15H19NO3/c1-19-14-7-3-2-6-12(14)13(17)8-9-15(18)16-10-4-5-11-16/h2-3,6-7H,4-5,8-11H2,1H3. The molecule has 0 saturated carbocycles. The molecule has 0 radical (unpaired) electrons. The first kappa shape index (κ1) is 13.6. The maximum atomic E-state index is 12.1. The van der Waals surface area contributed by atoms with Crippen LogP contribution in [0.4, 0.5) is 0 Å². The van der Waals surface area contributed by atoms with Gasteiger partial charge in [-0.2, -0.15) is 0 Å². The number of amides is 1. The van der Waals surface area contributed by atoms with Crippen molar-refractivity contribution < 1.29 is 14.3 Å². The van der Waals surface area contributed by atoms with Crippen molar-refractivity contribution in [2.75, 3.05) is 20.2 Å². The summed E-state index contributed by atoms with van der Waals surface area (Å²) < 4.78 is 5.16. The van der Waals surface area contributed by atoms with Crippen LogP contribution in [0.1, 0.15) is 36.0 Å². The number of carbonyl (C=O) groups excluding carboxylic acids is 2. The van der Waals surface area contributed by atoms with Crippen LogP contribution in [0.3, 0.4) is 0 Å². The number of nitrogens with zero attached hydrogens (tertiary/aromatic N) is 1. The first-order chi connectivity index (χ1) is 9.22. The molecular weight excluding hydrogens is 242 g/mol. The van der Waals surface area contributed by atoms with E-state index in [0.717, 1.165) is 25.9 Å². The zero-order valence-electron chi connectivity index (χ0n) is 11.2. The first-order valence-electron chi connectivity index (χ1n) is 6.66. The number of rotatable bonds is 5. The lowest BCUT2D eigenvalue weighted by Gasteiger charge is -2.14. The van der Waals surface area contributed by atoms with Gasteiger partial charge < -0.3 is 9.64 Å². The Balaban J connectivity index is 1.92. The van der Waals surface area contributed by atoms with Gasteiger partial charge in [-0.1, -0.05) is 12.1 Å². The molecule has 0 aromatic heterocycles. The van der Waals surface area contributed by atoms with Gasteiger partial charge in [0.05, 0.1) is 12.7 Å². The largest absolute Gasteiger partial charge is 0.496 e. The molecule has 1 aromatic rings. The molecule has 1 heterocycles. The minimum atomic E-state index is -0.0370. The van der Waals surface area contributed by atoms with Gasteiger partial charge in [-0.3, -0.25) is 9.59 Å². The number of hydrogen-bond donors (Lipinski definition) is 0. The zero-order valence-corrected chi connectivity index (χ0v) is 11.2. The van der Waals surface area contributed by atoms with Crippen molar-refractivity contribution in [2.24, 2.45) is 0 Å². The van der Waals surface area contributed by atoms with Crippen LogP contribution in [0.25, 0.3) is 0 Å². The number of Topliss-reactive ketones (excluding diaryl/α,β-unsaturated/α-hetero) is 1. The molecule has 0 bridgehead atoms. The lowest BCUT2D eigenvalue weighted by atomic mass is 10.1. The van der Waals surface area contributed by atoms with Crippen LogP contribution in [0.5, 0.6) is 5.75 Å². The predicted molar refractivity (Wildman–Crippen MR) is 72.4 cm³/mol. The average molecular weight is 261 g/mol. The van der Waals surface area contributed by atoms with Crippen molar-refractivity contribution in [3.63, 3.8) is 0 Å². The van der Waals surface area contributed by atoms with Crippen molar-refractivity contribution in [1.82, 2.24) is 4.90 Å². The van der Waals surface area contributed by atoms with E-state index in [4.69, 9.17) is 4.74 Å². The van der Waals surface area contributed by atoms with Gasteiger partial charge in [0, 0.05) is 25.9 Å². The van der Waals surface area contributed by atoms with Crippen LogP contribution < -0.4 is 4.74 Å². The highest BCUT2D eigenvalue weighted by Gasteiger charge is 2.19. The van der Waals surface area contributed by atoms with Gasteiger partial charge in [-0.05, 0) is 25.0 Å². The molecule has 1 amide bonds. The monoisotopic (exact) mass is 261 g/mol. The number of likely N-dealkylation sites (tertiary alicyclic amines) is 1. The summed E-state index contributed by atoms with van der Waals surface area (Å²) in [5.74, 6) is 0.617. The SMILES string of the molecule is COc1ccccc1C(=O)CCC(=O)N1CCCC1. The van der Waals surface area contributed by atoms with E-state index in [1.165, 1.54) is 0 Å². The highest BCUT2D eigenvalue weighted by molar-refractivity contribution is 6.00. The number of ketones is 1.